The summed E-state index contributed by atoms with van der Waals surface area (Å²) in [6.07, 6.45) is 6.23. The number of ether oxygens (including phenoxy) is 1. The topological polar surface area (TPSA) is 81.1 Å². The quantitative estimate of drug-likeness (QED) is 0.362. The van der Waals surface area contributed by atoms with Gasteiger partial charge in [0.1, 0.15) is 11.6 Å². The van der Waals surface area contributed by atoms with Crippen molar-refractivity contribution in [3.63, 3.8) is 0 Å². The lowest BCUT2D eigenvalue weighted by atomic mass is 9.95. The van der Waals surface area contributed by atoms with Crippen LogP contribution in [0.25, 0.3) is 0 Å². The monoisotopic (exact) mass is 483 g/mol. The minimum absolute atomic E-state index is 0.109. The molecule has 1 aliphatic rings. The molecule has 0 bridgehead atoms. The van der Waals surface area contributed by atoms with E-state index in [1.165, 1.54) is 31.4 Å². The number of carbonyl (C=O) groups is 1. The number of hydrogen-bond donors (Lipinski definition) is 2. The van der Waals surface area contributed by atoms with E-state index in [-0.39, 0.29) is 11.7 Å². The van der Waals surface area contributed by atoms with Crippen LogP contribution in [0.5, 0.6) is 5.75 Å². The lowest BCUT2D eigenvalue weighted by Crippen LogP contribution is -2.18. The third-order valence-corrected chi connectivity index (χ3v) is 6.83. The van der Waals surface area contributed by atoms with Crippen LogP contribution in [-0.2, 0) is 11.3 Å². The normalized spacial score (nSPS) is 14.1. The molecule has 1 saturated carbocycles. The average Bonchev–Trinajstić information content (AvgIpc) is 3.27. The number of amides is 1. The number of carbonyl (C=O) groups excluding carboxylic acids is 1. The molecule has 0 saturated heterocycles. The predicted molar refractivity (Wildman–Crippen MR) is 133 cm³/mol. The molecule has 1 aromatic heterocycles. The second kappa shape index (κ2) is 11.9. The number of nitrogens with zero attached hydrogens (tertiary/aromatic N) is 3. The molecule has 7 nitrogen and oxygen atoms in total. The lowest BCUT2D eigenvalue weighted by molar-refractivity contribution is -0.115. The van der Waals surface area contributed by atoms with Gasteiger partial charge < -0.3 is 19.9 Å². The first kappa shape index (κ1) is 24.1. The van der Waals surface area contributed by atoms with Crippen LogP contribution in [0.1, 0.15) is 50.4 Å². The highest BCUT2D eigenvalue weighted by atomic mass is 32.2. The molecule has 0 unspecified atom stereocenters. The van der Waals surface area contributed by atoms with Gasteiger partial charge in [0.25, 0.3) is 0 Å². The third-order valence-electron chi connectivity index (χ3n) is 5.88. The molecule has 0 aliphatic heterocycles. The van der Waals surface area contributed by atoms with Crippen LogP contribution in [0.15, 0.2) is 53.7 Å². The van der Waals surface area contributed by atoms with Crippen LogP contribution >= 0.6 is 11.8 Å². The van der Waals surface area contributed by atoms with Gasteiger partial charge in [0.2, 0.25) is 5.91 Å². The highest BCUT2D eigenvalue weighted by molar-refractivity contribution is 7.99. The molecule has 1 aliphatic carbocycles. The maximum absolute atomic E-state index is 13.1. The maximum atomic E-state index is 13.1. The molecule has 0 atom stereocenters. The second-order valence-electron chi connectivity index (χ2n) is 8.30. The number of benzene rings is 2. The molecular weight excluding hydrogens is 453 g/mol. The fourth-order valence-electron chi connectivity index (χ4n) is 4.14. The molecule has 0 spiro atoms. The zero-order valence-electron chi connectivity index (χ0n) is 19.3. The number of anilines is 2. The zero-order chi connectivity index (χ0) is 23.8. The summed E-state index contributed by atoms with van der Waals surface area (Å²) in [4.78, 5) is 12.3. The highest BCUT2D eigenvalue weighted by Crippen LogP contribution is 2.33. The number of halogens is 1. The van der Waals surface area contributed by atoms with E-state index in [2.05, 4.69) is 25.4 Å². The summed E-state index contributed by atoms with van der Waals surface area (Å²) < 4.78 is 20.6. The molecule has 1 heterocycles. The number of thioether (sulfide) groups is 1. The standard InChI is InChI=1S/C25H30FN5O2S/c1-33-22-9-5-6-20(16-22)27-17-23-29-30-25(31(23)21-7-3-2-4-8-21)34-15-14-24(32)28-19-12-10-18(26)11-13-19/h5-6,9-13,16,21,27H,2-4,7-8,14-15,17H2,1H3,(H,28,32). The van der Waals surface area contributed by atoms with Crippen LogP contribution < -0.4 is 15.4 Å². The van der Waals surface area contributed by atoms with Gasteiger partial charge in [-0.15, -0.1) is 10.2 Å². The maximum Gasteiger partial charge on any atom is 0.225 e. The van der Waals surface area contributed by atoms with Crippen molar-refractivity contribution in [1.29, 1.82) is 0 Å². The molecular formula is C25H30FN5O2S. The summed E-state index contributed by atoms with van der Waals surface area (Å²) in [6.45, 7) is 0.558. The van der Waals surface area contributed by atoms with E-state index in [4.69, 9.17) is 4.74 Å². The van der Waals surface area contributed by atoms with E-state index < -0.39 is 0 Å². The van der Waals surface area contributed by atoms with Gasteiger partial charge in [-0.3, -0.25) is 4.79 Å². The molecule has 0 radical (unpaired) electrons. The van der Waals surface area contributed by atoms with Crippen molar-refractivity contribution in [3.05, 3.63) is 60.2 Å². The van der Waals surface area contributed by atoms with E-state index in [9.17, 15) is 9.18 Å². The van der Waals surface area contributed by atoms with Gasteiger partial charge in [-0.2, -0.15) is 0 Å². The van der Waals surface area contributed by atoms with Gasteiger partial charge >= 0.3 is 0 Å². The van der Waals surface area contributed by atoms with Crippen molar-refractivity contribution in [1.82, 2.24) is 14.8 Å². The molecule has 1 amide bonds. The van der Waals surface area contributed by atoms with E-state index in [0.29, 0.717) is 30.4 Å². The van der Waals surface area contributed by atoms with E-state index >= 15 is 0 Å². The van der Waals surface area contributed by atoms with Crippen molar-refractivity contribution < 1.29 is 13.9 Å². The minimum Gasteiger partial charge on any atom is -0.497 e. The average molecular weight is 484 g/mol. The van der Waals surface area contributed by atoms with Crippen molar-refractivity contribution in [2.24, 2.45) is 0 Å². The Kier molecular flexibility index (Phi) is 8.41. The largest absolute Gasteiger partial charge is 0.497 e. The fourth-order valence-corrected chi connectivity index (χ4v) is 5.10. The molecule has 4 rings (SSSR count). The van der Waals surface area contributed by atoms with Gasteiger partial charge in [0.05, 0.1) is 13.7 Å². The van der Waals surface area contributed by atoms with Gasteiger partial charge in [0, 0.05) is 35.7 Å². The Labute approximate surface area is 203 Å². The first-order valence-electron chi connectivity index (χ1n) is 11.6. The SMILES string of the molecule is COc1cccc(NCc2nnc(SCCC(=O)Nc3ccc(F)cc3)n2C2CCCCC2)c1. The number of nitrogens with one attached hydrogen (secondary N) is 2. The first-order valence-corrected chi connectivity index (χ1v) is 12.6. The molecule has 3 aromatic rings. The summed E-state index contributed by atoms with van der Waals surface area (Å²) in [5.41, 5.74) is 1.55. The fraction of sp³-hybridized carbons (Fsp3) is 0.400. The summed E-state index contributed by atoms with van der Waals surface area (Å²) in [5, 5.41) is 16.0. The number of aromatic nitrogens is 3. The number of methoxy groups -OCH3 is 1. The Bertz CT molecular complexity index is 1080. The molecule has 9 heteroatoms. The van der Waals surface area contributed by atoms with E-state index in [1.807, 2.05) is 24.3 Å². The molecule has 1 fully saturated rings. The molecule has 2 aromatic carbocycles. The van der Waals surface area contributed by atoms with E-state index in [1.54, 1.807) is 31.0 Å². The minimum atomic E-state index is -0.327. The van der Waals surface area contributed by atoms with Crippen molar-refractivity contribution in [3.8, 4) is 5.75 Å². The Morgan fingerprint density at radius 2 is 1.91 bits per heavy atom. The van der Waals surface area contributed by atoms with Gasteiger partial charge in [0.15, 0.2) is 11.0 Å². The number of hydrogen-bond acceptors (Lipinski definition) is 6. The van der Waals surface area contributed by atoms with Crippen molar-refractivity contribution in [2.75, 3.05) is 23.5 Å². The number of rotatable bonds is 10. The molecule has 2 N–H and O–H groups in total. The summed E-state index contributed by atoms with van der Waals surface area (Å²) in [5.74, 6) is 1.85. The second-order valence-corrected chi connectivity index (χ2v) is 9.36. The van der Waals surface area contributed by atoms with Crippen molar-refractivity contribution >= 4 is 29.0 Å². The van der Waals surface area contributed by atoms with Crippen LogP contribution in [0.4, 0.5) is 15.8 Å². The van der Waals surface area contributed by atoms with Crippen LogP contribution in [0.3, 0.4) is 0 Å². The lowest BCUT2D eigenvalue weighted by Gasteiger charge is -2.25. The van der Waals surface area contributed by atoms with Crippen LogP contribution in [-0.4, -0.2) is 33.5 Å². The molecule has 180 valence electrons. The van der Waals surface area contributed by atoms with Crippen LogP contribution in [0.2, 0.25) is 0 Å². The Morgan fingerprint density at radius 1 is 1.12 bits per heavy atom. The van der Waals surface area contributed by atoms with Gasteiger partial charge in [-0.05, 0) is 49.2 Å². The highest BCUT2D eigenvalue weighted by Gasteiger charge is 2.23. The predicted octanol–water partition coefficient (Wildman–Crippen LogP) is 5.66. The Balaban J connectivity index is 1.39. The van der Waals surface area contributed by atoms with E-state index in [0.717, 1.165) is 35.3 Å². The Hall–Kier alpha value is -3.07. The smallest absolute Gasteiger partial charge is 0.225 e. The first-order chi connectivity index (χ1) is 16.6. The summed E-state index contributed by atoms with van der Waals surface area (Å²) >= 11 is 1.55. The zero-order valence-corrected chi connectivity index (χ0v) is 20.1. The van der Waals surface area contributed by atoms with Crippen LogP contribution in [0, 0.1) is 5.82 Å². The third kappa shape index (κ3) is 6.50. The Morgan fingerprint density at radius 3 is 2.68 bits per heavy atom. The van der Waals surface area contributed by atoms with Crippen molar-refractivity contribution in [2.45, 2.75) is 56.3 Å². The molecule has 34 heavy (non-hydrogen) atoms. The van der Waals surface area contributed by atoms with Gasteiger partial charge in [-0.25, -0.2) is 4.39 Å². The summed E-state index contributed by atoms with van der Waals surface area (Å²) in [6, 6.07) is 14.0. The summed E-state index contributed by atoms with van der Waals surface area (Å²) in [7, 11) is 1.66. The van der Waals surface area contributed by atoms with Gasteiger partial charge in [-0.1, -0.05) is 37.1 Å².